The zero-order valence-corrected chi connectivity index (χ0v) is 11.4. The largest absolute Gasteiger partial charge is 0.497 e. The molecule has 19 heavy (non-hydrogen) atoms. The van der Waals surface area contributed by atoms with E-state index < -0.39 is 0 Å². The van der Waals surface area contributed by atoms with Crippen LogP contribution >= 0.6 is 0 Å². The Bertz CT molecular complexity index is 396. The number of methoxy groups -OCH3 is 1. The summed E-state index contributed by atoms with van der Waals surface area (Å²) in [6.07, 6.45) is 4.59. The lowest BCUT2D eigenvalue weighted by Crippen LogP contribution is -2.35. The van der Waals surface area contributed by atoms with Crippen LogP contribution in [0.5, 0.6) is 5.75 Å². The molecular formula is C15H21NO3. The molecule has 0 amide bonds. The Hall–Kier alpha value is -1.55. The van der Waals surface area contributed by atoms with Gasteiger partial charge >= 0.3 is 5.97 Å². The standard InChI is InChI=1S/C15H21NO3/c1-18-14-7-5-12(6-8-14)15(17)19-11-9-13-4-2-3-10-16-13/h5-8,13,16H,2-4,9-11H2,1H3/t13-/m0/s1. The molecule has 1 heterocycles. The van der Waals surface area contributed by atoms with E-state index in [1.165, 1.54) is 19.3 Å². The molecule has 1 aromatic rings. The van der Waals surface area contributed by atoms with Crippen molar-refractivity contribution in [3.63, 3.8) is 0 Å². The summed E-state index contributed by atoms with van der Waals surface area (Å²) in [6, 6.07) is 7.47. The summed E-state index contributed by atoms with van der Waals surface area (Å²) in [6.45, 7) is 1.56. The predicted molar refractivity (Wildman–Crippen MR) is 73.5 cm³/mol. The molecule has 0 saturated carbocycles. The fraction of sp³-hybridized carbons (Fsp3) is 0.533. The molecule has 1 aliphatic rings. The van der Waals surface area contributed by atoms with Gasteiger partial charge in [0.2, 0.25) is 0 Å². The Kier molecular flexibility index (Phi) is 5.21. The molecule has 1 saturated heterocycles. The van der Waals surface area contributed by atoms with E-state index in [1.54, 1.807) is 31.4 Å². The van der Waals surface area contributed by atoms with Gasteiger partial charge < -0.3 is 14.8 Å². The summed E-state index contributed by atoms with van der Waals surface area (Å²) in [5, 5.41) is 3.44. The van der Waals surface area contributed by atoms with Gasteiger partial charge in [-0.05, 0) is 50.1 Å². The van der Waals surface area contributed by atoms with Crippen LogP contribution in [0.25, 0.3) is 0 Å². The average Bonchev–Trinajstić information content (AvgIpc) is 2.48. The van der Waals surface area contributed by atoms with Crippen molar-refractivity contribution in [2.24, 2.45) is 0 Å². The molecule has 1 N–H and O–H groups in total. The number of carbonyl (C=O) groups excluding carboxylic acids is 1. The molecule has 0 aromatic heterocycles. The first kappa shape index (κ1) is 13.9. The number of benzene rings is 1. The highest BCUT2D eigenvalue weighted by Gasteiger charge is 2.13. The summed E-state index contributed by atoms with van der Waals surface area (Å²) in [5.41, 5.74) is 0.567. The highest BCUT2D eigenvalue weighted by atomic mass is 16.5. The second-order valence-corrected chi connectivity index (χ2v) is 4.80. The number of hydrogen-bond acceptors (Lipinski definition) is 4. The Morgan fingerprint density at radius 1 is 1.32 bits per heavy atom. The average molecular weight is 263 g/mol. The topological polar surface area (TPSA) is 47.6 Å². The summed E-state index contributed by atoms with van der Waals surface area (Å²) >= 11 is 0. The summed E-state index contributed by atoms with van der Waals surface area (Å²) in [5.74, 6) is 0.474. The molecule has 4 heteroatoms. The minimum Gasteiger partial charge on any atom is -0.497 e. The number of rotatable bonds is 5. The van der Waals surface area contributed by atoms with Crippen molar-refractivity contribution in [1.82, 2.24) is 5.32 Å². The second-order valence-electron chi connectivity index (χ2n) is 4.80. The molecule has 4 nitrogen and oxygen atoms in total. The SMILES string of the molecule is COc1ccc(C(=O)OCC[C@@H]2CCCCN2)cc1. The predicted octanol–water partition coefficient (Wildman–Crippen LogP) is 2.38. The van der Waals surface area contributed by atoms with Crippen LogP contribution in [0.3, 0.4) is 0 Å². The maximum Gasteiger partial charge on any atom is 0.338 e. The number of hydrogen-bond donors (Lipinski definition) is 1. The van der Waals surface area contributed by atoms with Crippen molar-refractivity contribution in [3.05, 3.63) is 29.8 Å². The molecule has 2 rings (SSSR count). The lowest BCUT2D eigenvalue weighted by molar-refractivity contribution is 0.0486. The van der Waals surface area contributed by atoms with Crippen LogP contribution in [0.1, 0.15) is 36.0 Å². The summed E-state index contributed by atoms with van der Waals surface area (Å²) in [7, 11) is 1.60. The minimum absolute atomic E-state index is 0.265. The maximum atomic E-state index is 11.8. The Labute approximate surface area is 114 Å². The maximum absolute atomic E-state index is 11.8. The fourth-order valence-electron chi connectivity index (χ4n) is 2.27. The van der Waals surface area contributed by atoms with Gasteiger partial charge in [-0.1, -0.05) is 6.42 Å². The smallest absolute Gasteiger partial charge is 0.338 e. The van der Waals surface area contributed by atoms with Gasteiger partial charge in [0.25, 0.3) is 0 Å². The van der Waals surface area contributed by atoms with Crippen LogP contribution in [-0.4, -0.2) is 32.3 Å². The van der Waals surface area contributed by atoms with Gasteiger partial charge in [-0.3, -0.25) is 0 Å². The van der Waals surface area contributed by atoms with Crippen LogP contribution in [0, 0.1) is 0 Å². The first-order valence-corrected chi connectivity index (χ1v) is 6.84. The van der Waals surface area contributed by atoms with E-state index in [1.807, 2.05) is 0 Å². The fourth-order valence-corrected chi connectivity index (χ4v) is 2.27. The third-order valence-corrected chi connectivity index (χ3v) is 3.44. The van der Waals surface area contributed by atoms with E-state index in [-0.39, 0.29) is 5.97 Å². The molecule has 0 aliphatic carbocycles. The summed E-state index contributed by atoms with van der Waals surface area (Å²) < 4.78 is 10.3. The van der Waals surface area contributed by atoms with Crippen molar-refractivity contribution < 1.29 is 14.3 Å². The molecule has 0 bridgehead atoms. The van der Waals surface area contributed by atoms with Gasteiger partial charge in [-0.15, -0.1) is 0 Å². The highest BCUT2D eigenvalue weighted by Crippen LogP contribution is 2.13. The van der Waals surface area contributed by atoms with E-state index in [0.717, 1.165) is 18.7 Å². The summed E-state index contributed by atoms with van der Waals surface area (Å²) in [4.78, 5) is 11.8. The van der Waals surface area contributed by atoms with Crippen molar-refractivity contribution in [3.8, 4) is 5.75 Å². The second kappa shape index (κ2) is 7.14. The lowest BCUT2D eigenvalue weighted by Gasteiger charge is -2.23. The number of carbonyl (C=O) groups is 1. The van der Waals surface area contributed by atoms with Crippen molar-refractivity contribution in [2.45, 2.75) is 31.7 Å². The van der Waals surface area contributed by atoms with Gasteiger partial charge in [-0.2, -0.15) is 0 Å². The highest BCUT2D eigenvalue weighted by molar-refractivity contribution is 5.89. The van der Waals surface area contributed by atoms with Crippen molar-refractivity contribution >= 4 is 5.97 Å². The van der Waals surface area contributed by atoms with Gasteiger partial charge in [0.05, 0.1) is 19.3 Å². The third kappa shape index (κ3) is 4.24. The molecule has 1 aromatic carbocycles. The number of ether oxygens (including phenoxy) is 2. The van der Waals surface area contributed by atoms with E-state index in [0.29, 0.717) is 18.2 Å². The van der Waals surface area contributed by atoms with E-state index in [9.17, 15) is 4.79 Å². The zero-order valence-electron chi connectivity index (χ0n) is 11.4. The molecule has 0 spiro atoms. The minimum atomic E-state index is -0.265. The van der Waals surface area contributed by atoms with Crippen LogP contribution in [0.2, 0.25) is 0 Å². The van der Waals surface area contributed by atoms with E-state index in [4.69, 9.17) is 9.47 Å². The van der Waals surface area contributed by atoms with Crippen LogP contribution in [0.4, 0.5) is 0 Å². The Balaban J connectivity index is 1.73. The van der Waals surface area contributed by atoms with E-state index >= 15 is 0 Å². The Morgan fingerprint density at radius 2 is 2.11 bits per heavy atom. The van der Waals surface area contributed by atoms with Crippen molar-refractivity contribution in [2.75, 3.05) is 20.3 Å². The molecule has 1 aliphatic heterocycles. The zero-order chi connectivity index (χ0) is 13.5. The first-order chi connectivity index (χ1) is 9.29. The van der Waals surface area contributed by atoms with Gasteiger partial charge in [0.15, 0.2) is 0 Å². The van der Waals surface area contributed by atoms with Gasteiger partial charge in [-0.25, -0.2) is 4.79 Å². The monoisotopic (exact) mass is 263 g/mol. The van der Waals surface area contributed by atoms with Crippen LogP contribution in [-0.2, 0) is 4.74 Å². The number of nitrogens with one attached hydrogen (secondary N) is 1. The Morgan fingerprint density at radius 3 is 2.74 bits per heavy atom. The number of piperidine rings is 1. The molecule has 1 atom stereocenters. The first-order valence-electron chi connectivity index (χ1n) is 6.84. The molecule has 104 valence electrons. The molecule has 1 fully saturated rings. The van der Waals surface area contributed by atoms with Crippen LogP contribution in [0.15, 0.2) is 24.3 Å². The van der Waals surface area contributed by atoms with Crippen molar-refractivity contribution in [1.29, 1.82) is 0 Å². The number of esters is 1. The lowest BCUT2D eigenvalue weighted by atomic mass is 10.0. The molecule has 0 radical (unpaired) electrons. The normalized spacial score (nSPS) is 18.9. The third-order valence-electron chi connectivity index (χ3n) is 3.44. The van der Waals surface area contributed by atoms with E-state index in [2.05, 4.69) is 5.32 Å². The molecular weight excluding hydrogens is 242 g/mol. The van der Waals surface area contributed by atoms with Gasteiger partial charge in [0.1, 0.15) is 5.75 Å². The molecule has 0 unspecified atom stereocenters. The quantitative estimate of drug-likeness (QED) is 0.829. The van der Waals surface area contributed by atoms with Crippen LogP contribution < -0.4 is 10.1 Å². The van der Waals surface area contributed by atoms with Gasteiger partial charge in [0, 0.05) is 6.04 Å².